The molecule has 2 saturated heterocycles. The first-order valence-corrected chi connectivity index (χ1v) is 14.9. The summed E-state index contributed by atoms with van der Waals surface area (Å²) in [4.78, 5) is 34.2. The lowest BCUT2D eigenvalue weighted by Crippen LogP contribution is -2.44. The number of ether oxygens (including phenoxy) is 2. The Kier molecular flexibility index (Phi) is 8.08. The van der Waals surface area contributed by atoms with Crippen LogP contribution >= 0.6 is 0 Å². The van der Waals surface area contributed by atoms with Gasteiger partial charge in [0.15, 0.2) is 5.65 Å². The van der Waals surface area contributed by atoms with Gasteiger partial charge in [-0.1, -0.05) is 0 Å². The average Bonchev–Trinajstić information content (AvgIpc) is 3.53. The van der Waals surface area contributed by atoms with E-state index >= 15 is 0 Å². The molecule has 0 bridgehead atoms. The first-order chi connectivity index (χ1) is 19.8. The van der Waals surface area contributed by atoms with Crippen molar-refractivity contribution in [1.29, 1.82) is 0 Å². The number of hydrogen-bond acceptors (Lipinski definition) is 8. The van der Waals surface area contributed by atoms with Gasteiger partial charge in [-0.3, -0.25) is 4.68 Å². The highest BCUT2D eigenvalue weighted by atomic mass is 16.6. The van der Waals surface area contributed by atoms with Crippen LogP contribution in [0.4, 0.5) is 15.4 Å². The molecule has 3 aromatic heterocycles. The molecule has 2 fully saturated rings. The number of fused-ring (bicyclic) bond motifs is 1. The van der Waals surface area contributed by atoms with Crippen LogP contribution in [0.5, 0.6) is 0 Å². The molecule has 12 heteroatoms. The second-order valence-electron chi connectivity index (χ2n) is 13.4. The van der Waals surface area contributed by atoms with Gasteiger partial charge in [-0.05, 0) is 67.2 Å². The third-order valence-electron chi connectivity index (χ3n) is 7.50. The van der Waals surface area contributed by atoms with E-state index in [1.54, 1.807) is 14.5 Å². The smallest absolute Gasteiger partial charge is 0.410 e. The molecule has 1 N–H and O–H groups in total. The molecule has 42 heavy (non-hydrogen) atoms. The van der Waals surface area contributed by atoms with E-state index in [-0.39, 0.29) is 24.1 Å². The van der Waals surface area contributed by atoms with Gasteiger partial charge < -0.3 is 24.6 Å². The van der Waals surface area contributed by atoms with Crippen molar-refractivity contribution >= 4 is 23.7 Å². The van der Waals surface area contributed by atoms with Gasteiger partial charge in [0.25, 0.3) is 0 Å². The van der Waals surface area contributed by atoms with E-state index in [2.05, 4.69) is 16.5 Å². The summed E-state index contributed by atoms with van der Waals surface area (Å²) < 4.78 is 14.9. The van der Waals surface area contributed by atoms with Gasteiger partial charge in [-0.25, -0.2) is 14.6 Å². The molecule has 5 heterocycles. The van der Waals surface area contributed by atoms with Gasteiger partial charge >= 0.3 is 12.2 Å². The van der Waals surface area contributed by atoms with Gasteiger partial charge in [0.05, 0.1) is 18.1 Å². The summed E-state index contributed by atoms with van der Waals surface area (Å²) in [6.45, 7) is 13.7. The summed E-state index contributed by atoms with van der Waals surface area (Å²) in [6, 6.07) is 2.22. The number of amides is 2. The van der Waals surface area contributed by atoms with Gasteiger partial charge in [-0.2, -0.15) is 14.7 Å². The maximum atomic E-state index is 12.9. The lowest BCUT2D eigenvalue weighted by atomic mass is 9.94. The Morgan fingerprint density at radius 2 is 1.57 bits per heavy atom. The summed E-state index contributed by atoms with van der Waals surface area (Å²) in [6.07, 6.45) is 8.40. The summed E-state index contributed by atoms with van der Waals surface area (Å²) in [7, 11) is 1.89. The molecule has 1 atom stereocenters. The van der Waals surface area contributed by atoms with Crippen LogP contribution in [0, 0.1) is 0 Å². The monoisotopic (exact) mass is 580 g/mol. The highest BCUT2D eigenvalue weighted by Gasteiger charge is 2.31. The molecule has 2 aliphatic rings. The van der Waals surface area contributed by atoms with E-state index < -0.39 is 11.2 Å². The van der Waals surface area contributed by atoms with Crippen LogP contribution in [0.1, 0.15) is 78.8 Å². The SMILES string of the molecule is Cn1cc(-c2cnn3c(NC4CCN(C(=O)OC(C)(C)C)CC4)cc(C4CCCN(C(=O)OC(C)(C)C)C4)nc23)cn1. The zero-order valence-electron chi connectivity index (χ0n) is 25.9. The quantitative estimate of drug-likeness (QED) is 0.455. The molecule has 228 valence electrons. The number of rotatable bonds is 4. The van der Waals surface area contributed by atoms with Crippen molar-refractivity contribution in [1.82, 2.24) is 34.2 Å². The molecular weight excluding hydrogens is 536 g/mol. The Morgan fingerprint density at radius 1 is 0.905 bits per heavy atom. The zero-order valence-corrected chi connectivity index (χ0v) is 25.9. The maximum Gasteiger partial charge on any atom is 0.410 e. The predicted octanol–water partition coefficient (Wildman–Crippen LogP) is 5.06. The van der Waals surface area contributed by atoms with E-state index in [0.717, 1.165) is 54.0 Å². The molecule has 2 amide bonds. The average molecular weight is 581 g/mol. The molecule has 2 aliphatic heterocycles. The highest BCUT2D eigenvalue weighted by molar-refractivity contribution is 5.77. The fraction of sp³-hybridized carbons (Fsp3) is 0.633. The van der Waals surface area contributed by atoms with E-state index in [4.69, 9.17) is 19.6 Å². The van der Waals surface area contributed by atoms with Gasteiger partial charge in [0.1, 0.15) is 17.0 Å². The highest BCUT2D eigenvalue weighted by Crippen LogP contribution is 2.32. The third kappa shape index (κ3) is 6.96. The van der Waals surface area contributed by atoms with Crippen molar-refractivity contribution < 1.29 is 19.1 Å². The molecule has 0 spiro atoms. The Morgan fingerprint density at radius 3 is 2.19 bits per heavy atom. The van der Waals surface area contributed by atoms with E-state index in [0.29, 0.717) is 26.2 Å². The molecule has 3 aromatic rings. The minimum absolute atomic E-state index is 0.0579. The van der Waals surface area contributed by atoms with Crippen molar-refractivity contribution in [3.05, 3.63) is 30.4 Å². The van der Waals surface area contributed by atoms with Gasteiger partial charge in [-0.15, -0.1) is 0 Å². The number of piperidine rings is 2. The first-order valence-electron chi connectivity index (χ1n) is 14.9. The molecule has 0 saturated carbocycles. The molecular formula is C30H44N8O4. The number of aromatic nitrogens is 5. The van der Waals surface area contributed by atoms with Crippen molar-refractivity contribution in [2.24, 2.45) is 7.05 Å². The molecule has 0 aliphatic carbocycles. The second kappa shape index (κ2) is 11.4. The van der Waals surface area contributed by atoms with Gasteiger partial charge in [0, 0.05) is 68.6 Å². The van der Waals surface area contributed by atoms with Gasteiger partial charge in [0.2, 0.25) is 0 Å². The zero-order chi connectivity index (χ0) is 30.2. The van der Waals surface area contributed by atoms with E-state index in [1.165, 1.54) is 0 Å². The van der Waals surface area contributed by atoms with Crippen LogP contribution in [-0.2, 0) is 16.5 Å². The lowest BCUT2D eigenvalue weighted by molar-refractivity contribution is 0.0192. The minimum Gasteiger partial charge on any atom is -0.444 e. The number of hydrogen-bond donors (Lipinski definition) is 1. The number of anilines is 1. The summed E-state index contributed by atoms with van der Waals surface area (Å²) in [5.41, 5.74) is 2.42. The van der Waals surface area contributed by atoms with Crippen LogP contribution < -0.4 is 5.32 Å². The number of likely N-dealkylation sites (tertiary alicyclic amines) is 2. The van der Waals surface area contributed by atoms with Crippen molar-refractivity contribution in [2.75, 3.05) is 31.5 Å². The Labute approximate surface area is 247 Å². The van der Waals surface area contributed by atoms with E-state index in [9.17, 15) is 9.59 Å². The number of carbonyl (C=O) groups is 2. The Bertz CT molecular complexity index is 1430. The fourth-order valence-electron chi connectivity index (χ4n) is 5.51. The van der Waals surface area contributed by atoms with Crippen LogP contribution in [0.25, 0.3) is 16.8 Å². The molecule has 12 nitrogen and oxygen atoms in total. The second-order valence-corrected chi connectivity index (χ2v) is 13.4. The lowest BCUT2D eigenvalue weighted by Gasteiger charge is -2.35. The summed E-state index contributed by atoms with van der Waals surface area (Å²) in [5, 5.41) is 12.8. The van der Waals surface area contributed by atoms with Crippen LogP contribution in [0.3, 0.4) is 0 Å². The van der Waals surface area contributed by atoms with Crippen LogP contribution in [-0.4, -0.2) is 89.8 Å². The minimum atomic E-state index is -0.548. The van der Waals surface area contributed by atoms with Crippen LogP contribution in [0.15, 0.2) is 24.7 Å². The topological polar surface area (TPSA) is 119 Å². The number of nitrogens with zero attached hydrogens (tertiary/aromatic N) is 7. The fourth-order valence-corrected chi connectivity index (χ4v) is 5.51. The predicted molar refractivity (Wildman–Crippen MR) is 159 cm³/mol. The standard InChI is InChI=1S/C30H44N8O4/c1-29(2,3)41-27(39)36-13-10-22(11-14-36)33-25-15-24(20-9-8-12-37(19-20)28(40)42-30(4,5)6)34-26-23(17-32-38(25)26)21-16-31-35(7)18-21/h15-18,20,22,33H,8-14,19H2,1-7H3. The Balaban J connectivity index is 1.40. The summed E-state index contributed by atoms with van der Waals surface area (Å²) in [5.74, 6) is 0.901. The van der Waals surface area contributed by atoms with Crippen molar-refractivity contribution in [3.63, 3.8) is 0 Å². The normalized spacial score (nSPS) is 18.8. The van der Waals surface area contributed by atoms with Crippen molar-refractivity contribution in [3.8, 4) is 11.1 Å². The molecule has 5 rings (SSSR count). The molecule has 1 unspecified atom stereocenters. The number of carbonyl (C=O) groups excluding carboxylic acids is 2. The van der Waals surface area contributed by atoms with E-state index in [1.807, 2.05) is 71.7 Å². The maximum absolute atomic E-state index is 12.9. The first kappa shape index (κ1) is 29.7. The number of aryl methyl sites for hydroxylation is 1. The molecule has 0 aromatic carbocycles. The molecule has 0 radical (unpaired) electrons. The van der Waals surface area contributed by atoms with Crippen LogP contribution in [0.2, 0.25) is 0 Å². The Hall–Kier alpha value is -3.83. The van der Waals surface area contributed by atoms with Crippen molar-refractivity contribution in [2.45, 2.75) is 90.4 Å². The third-order valence-corrected chi connectivity index (χ3v) is 7.50. The number of nitrogens with one attached hydrogen (secondary N) is 1. The summed E-state index contributed by atoms with van der Waals surface area (Å²) >= 11 is 0. The largest absolute Gasteiger partial charge is 0.444 e.